The first-order valence-electron chi connectivity index (χ1n) is 7.05. The van der Waals surface area contributed by atoms with Crippen molar-refractivity contribution in [3.63, 3.8) is 0 Å². The van der Waals surface area contributed by atoms with Crippen LogP contribution in [0.15, 0.2) is 6.07 Å². The third-order valence-corrected chi connectivity index (χ3v) is 3.71. The lowest BCUT2D eigenvalue weighted by Crippen LogP contribution is -2.48. The van der Waals surface area contributed by atoms with Crippen LogP contribution in [0.5, 0.6) is 0 Å². The minimum Gasteiger partial charge on any atom is -0.327 e. The molecule has 1 atom stereocenters. The van der Waals surface area contributed by atoms with Crippen molar-refractivity contribution in [3.8, 4) is 0 Å². The summed E-state index contributed by atoms with van der Waals surface area (Å²) in [6, 6.07) is 1.53. The summed E-state index contributed by atoms with van der Waals surface area (Å²) in [5.41, 5.74) is 1.37. The van der Waals surface area contributed by atoms with Crippen LogP contribution in [-0.4, -0.2) is 39.4 Å². The van der Waals surface area contributed by atoms with E-state index in [1.54, 1.807) is 11.0 Å². The van der Waals surface area contributed by atoms with Crippen molar-refractivity contribution < 1.29 is 9.59 Å². The number of aryl methyl sites for hydroxylation is 1. The molecule has 0 saturated carbocycles. The molecule has 1 amide bonds. The van der Waals surface area contributed by atoms with E-state index in [4.69, 9.17) is 0 Å². The molecule has 0 radical (unpaired) electrons. The zero-order valence-corrected chi connectivity index (χ0v) is 11.6. The van der Waals surface area contributed by atoms with E-state index in [1.165, 1.54) is 0 Å². The predicted octanol–water partition coefficient (Wildman–Crippen LogP) is 1.95. The first-order valence-corrected chi connectivity index (χ1v) is 7.05. The van der Waals surface area contributed by atoms with E-state index in [1.807, 2.05) is 13.8 Å². The van der Waals surface area contributed by atoms with E-state index >= 15 is 0 Å². The highest BCUT2D eigenvalue weighted by Crippen LogP contribution is 2.21. The Bertz CT molecular complexity index is 467. The summed E-state index contributed by atoms with van der Waals surface area (Å²) in [6.45, 7) is 4.51. The van der Waals surface area contributed by atoms with Crippen LogP contribution in [0.4, 0.5) is 0 Å². The molecule has 1 fully saturated rings. The Labute approximate surface area is 113 Å². The Morgan fingerprint density at radius 2 is 2.21 bits per heavy atom. The zero-order valence-electron chi connectivity index (χ0n) is 11.6. The van der Waals surface area contributed by atoms with Crippen molar-refractivity contribution in [2.24, 2.45) is 0 Å². The van der Waals surface area contributed by atoms with Gasteiger partial charge in [-0.2, -0.15) is 5.10 Å². The van der Waals surface area contributed by atoms with Crippen LogP contribution in [0.25, 0.3) is 0 Å². The van der Waals surface area contributed by atoms with E-state index in [0.29, 0.717) is 18.7 Å². The molecule has 1 saturated heterocycles. The molecule has 5 nitrogen and oxygen atoms in total. The summed E-state index contributed by atoms with van der Waals surface area (Å²) in [5.74, 6) is 0.0294. The Morgan fingerprint density at radius 1 is 1.42 bits per heavy atom. The van der Waals surface area contributed by atoms with Crippen LogP contribution in [0, 0.1) is 0 Å². The van der Waals surface area contributed by atoms with E-state index in [2.05, 4.69) is 10.2 Å². The van der Waals surface area contributed by atoms with Crippen molar-refractivity contribution in [1.29, 1.82) is 0 Å². The smallest absolute Gasteiger partial charge is 0.274 e. The van der Waals surface area contributed by atoms with E-state index in [9.17, 15) is 9.59 Å². The van der Waals surface area contributed by atoms with Gasteiger partial charge >= 0.3 is 0 Å². The number of nitrogens with one attached hydrogen (secondary N) is 1. The van der Waals surface area contributed by atoms with Crippen LogP contribution in [-0.2, 0) is 11.2 Å². The molecule has 5 heteroatoms. The predicted molar refractivity (Wildman–Crippen MR) is 71.9 cm³/mol. The zero-order chi connectivity index (χ0) is 13.8. The molecule has 0 spiro atoms. The van der Waals surface area contributed by atoms with E-state index in [-0.39, 0.29) is 17.7 Å². The third kappa shape index (κ3) is 2.85. The third-order valence-electron chi connectivity index (χ3n) is 3.71. The summed E-state index contributed by atoms with van der Waals surface area (Å²) in [5, 5.41) is 6.91. The molecule has 1 aromatic heterocycles. The first-order chi connectivity index (χ1) is 9.17. The molecule has 2 rings (SSSR count). The van der Waals surface area contributed by atoms with Gasteiger partial charge in [0.15, 0.2) is 5.78 Å². The van der Waals surface area contributed by atoms with Gasteiger partial charge in [-0.25, -0.2) is 0 Å². The van der Waals surface area contributed by atoms with Crippen LogP contribution >= 0.6 is 0 Å². The van der Waals surface area contributed by atoms with Gasteiger partial charge in [-0.1, -0.05) is 13.8 Å². The average molecular weight is 263 g/mol. The van der Waals surface area contributed by atoms with Gasteiger partial charge in [0.05, 0.1) is 6.04 Å². The number of hydrogen-bond donors (Lipinski definition) is 1. The minimum atomic E-state index is -0.256. The second kappa shape index (κ2) is 5.99. The average Bonchev–Trinajstić information content (AvgIpc) is 2.94. The highest BCUT2D eigenvalue weighted by Gasteiger charge is 2.32. The summed E-state index contributed by atoms with van der Waals surface area (Å²) in [7, 11) is 0. The number of nitrogens with zero attached hydrogens (tertiary/aromatic N) is 2. The van der Waals surface area contributed by atoms with Gasteiger partial charge in [0.1, 0.15) is 5.69 Å². The monoisotopic (exact) mass is 263 g/mol. The molecule has 2 heterocycles. The van der Waals surface area contributed by atoms with Crippen molar-refractivity contribution in [1.82, 2.24) is 15.1 Å². The minimum absolute atomic E-state index is 0.123. The highest BCUT2D eigenvalue weighted by atomic mass is 16.2. The molecule has 0 aromatic carbocycles. The lowest BCUT2D eigenvalue weighted by atomic mass is 9.97. The van der Waals surface area contributed by atoms with Crippen LogP contribution in [0.1, 0.15) is 55.7 Å². The second-order valence-corrected chi connectivity index (χ2v) is 4.96. The number of piperidine rings is 1. The molecule has 0 aliphatic carbocycles. The maximum Gasteiger partial charge on any atom is 0.274 e. The second-order valence-electron chi connectivity index (χ2n) is 4.96. The molecule has 1 aromatic rings. The molecule has 1 N–H and O–H groups in total. The SMILES string of the molecule is CCC(=O)[C@H]1CCCCN1C(=O)c1cc(CC)[nH]n1. The summed E-state index contributed by atoms with van der Waals surface area (Å²) < 4.78 is 0. The van der Waals surface area contributed by atoms with Crippen LogP contribution < -0.4 is 0 Å². The fourth-order valence-corrected chi connectivity index (χ4v) is 2.54. The molecule has 19 heavy (non-hydrogen) atoms. The van der Waals surface area contributed by atoms with Gasteiger partial charge < -0.3 is 4.90 Å². The number of aromatic nitrogens is 2. The Balaban J connectivity index is 2.17. The maximum atomic E-state index is 12.5. The summed E-state index contributed by atoms with van der Waals surface area (Å²) in [6.07, 6.45) is 4.06. The number of H-pyrrole nitrogens is 1. The number of aromatic amines is 1. The maximum absolute atomic E-state index is 12.5. The lowest BCUT2D eigenvalue weighted by molar-refractivity contribution is -0.124. The molecular formula is C14H21N3O2. The number of rotatable bonds is 4. The van der Waals surface area contributed by atoms with Crippen molar-refractivity contribution in [2.45, 2.75) is 52.0 Å². The molecule has 1 aliphatic heterocycles. The number of Topliss-reactive ketones (excluding diaryl/α,β-unsaturated/α-hetero) is 1. The number of carbonyl (C=O) groups excluding carboxylic acids is 2. The number of ketones is 1. The van der Waals surface area contributed by atoms with Gasteiger partial charge in [0, 0.05) is 18.7 Å². The standard InChI is InChI=1S/C14H21N3O2/c1-3-10-9-11(16-15-10)14(19)17-8-6-5-7-12(17)13(18)4-2/h9,12H,3-8H2,1-2H3,(H,15,16)/t12-/m1/s1. The van der Waals surface area contributed by atoms with Crippen LogP contribution in [0.3, 0.4) is 0 Å². The van der Waals surface area contributed by atoms with Crippen molar-refractivity contribution >= 4 is 11.7 Å². The van der Waals surface area contributed by atoms with Crippen molar-refractivity contribution in [2.75, 3.05) is 6.54 Å². The van der Waals surface area contributed by atoms with Gasteiger partial charge in [-0.15, -0.1) is 0 Å². The molecule has 0 unspecified atom stereocenters. The first kappa shape index (κ1) is 13.8. The van der Waals surface area contributed by atoms with Gasteiger partial charge in [-0.3, -0.25) is 14.7 Å². The number of hydrogen-bond acceptors (Lipinski definition) is 3. The quantitative estimate of drug-likeness (QED) is 0.902. The van der Waals surface area contributed by atoms with Gasteiger partial charge in [-0.05, 0) is 31.7 Å². The Kier molecular flexibility index (Phi) is 4.35. The Hall–Kier alpha value is -1.65. The van der Waals surface area contributed by atoms with E-state index in [0.717, 1.165) is 31.4 Å². The van der Waals surface area contributed by atoms with E-state index < -0.39 is 0 Å². The fraction of sp³-hybridized carbons (Fsp3) is 0.643. The normalized spacial score (nSPS) is 19.5. The Morgan fingerprint density at radius 3 is 2.84 bits per heavy atom. The fourth-order valence-electron chi connectivity index (χ4n) is 2.54. The molecule has 1 aliphatic rings. The summed E-state index contributed by atoms with van der Waals surface area (Å²) in [4.78, 5) is 26.1. The van der Waals surface area contributed by atoms with Crippen molar-refractivity contribution in [3.05, 3.63) is 17.5 Å². The lowest BCUT2D eigenvalue weighted by Gasteiger charge is -2.34. The topological polar surface area (TPSA) is 66.1 Å². The molecule has 104 valence electrons. The largest absolute Gasteiger partial charge is 0.327 e. The van der Waals surface area contributed by atoms with Gasteiger partial charge in [0.2, 0.25) is 0 Å². The number of amides is 1. The van der Waals surface area contributed by atoms with Gasteiger partial charge in [0.25, 0.3) is 5.91 Å². The molecule has 0 bridgehead atoms. The summed E-state index contributed by atoms with van der Waals surface area (Å²) >= 11 is 0. The molecular weight excluding hydrogens is 242 g/mol. The highest BCUT2D eigenvalue weighted by molar-refractivity contribution is 5.96. The number of carbonyl (C=O) groups is 2. The number of likely N-dealkylation sites (tertiary alicyclic amines) is 1. The van der Waals surface area contributed by atoms with Crippen LogP contribution in [0.2, 0.25) is 0 Å².